The molecule has 1 aromatic carbocycles. The molecule has 1 aliphatic heterocycles. The van der Waals surface area contributed by atoms with E-state index in [-0.39, 0.29) is 17.6 Å². The van der Waals surface area contributed by atoms with Gasteiger partial charge < -0.3 is 5.32 Å². The van der Waals surface area contributed by atoms with E-state index in [1.54, 1.807) is 0 Å². The summed E-state index contributed by atoms with van der Waals surface area (Å²) in [5.74, 6) is -0.0291. The summed E-state index contributed by atoms with van der Waals surface area (Å²) in [4.78, 5) is 23.0. The van der Waals surface area contributed by atoms with Crippen LogP contribution in [0.25, 0.3) is 0 Å². The third kappa shape index (κ3) is 2.34. The highest BCUT2D eigenvalue weighted by atomic mass is 35.5. The molecule has 0 unspecified atom stereocenters. The van der Waals surface area contributed by atoms with Crippen LogP contribution in [-0.4, -0.2) is 17.6 Å². The molecule has 1 N–H and O–H groups in total. The van der Waals surface area contributed by atoms with Gasteiger partial charge in [-0.15, -0.1) is 11.6 Å². The van der Waals surface area contributed by atoms with Crippen molar-refractivity contribution in [2.24, 2.45) is 0 Å². The molecule has 0 atom stereocenters. The van der Waals surface area contributed by atoms with Crippen LogP contribution in [-0.2, 0) is 17.6 Å². The summed E-state index contributed by atoms with van der Waals surface area (Å²) < 4.78 is 0. The second-order valence-electron chi connectivity index (χ2n) is 4.13. The maximum absolute atomic E-state index is 11.6. The van der Waals surface area contributed by atoms with Gasteiger partial charge in [0, 0.05) is 17.7 Å². The van der Waals surface area contributed by atoms with Gasteiger partial charge in [-0.1, -0.05) is 6.92 Å². The second-order valence-corrected chi connectivity index (χ2v) is 4.40. The molecule has 0 saturated heterocycles. The first-order valence-electron chi connectivity index (χ1n) is 5.70. The van der Waals surface area contributed by atoms with Crippen molar-refractivity contribution in [1.29, 1.82) is 0 Å². The van der Waals surface area contributed by atoms with E-state index < -0.39 is 0 Å². The van der Waals surface area contributed by atoms with Crippen LogP contribution >= 0.6 is 11.6 Å². The number of amides is 1. The fourth-order valence-corrected chi connectivity index (χ4v) is 2.25. The number of anilines is 1. The van der Waals surface area contributed by atoms with Crippen molar-refractivity contribution in [3.8, 4) is 0 Å². The zero-order valence-electron chi connectivity index (χ0n) is 9.68. The maximum atomic E-state index is 11.6. The molecule has 1 amide bonds. The number of alkyl halides is 1. The SMILES string of the molecule is CCc1cc(C(=O)CCl)cc2c1NC(=O)CC2. The Labute approximate surface area is 105 Å². The number of benzene rings is 1. The molecule has 2 rings (SSSR count). The summed E-state index contributed by atoms with van der Waals surface area (Å²) >= 11 is 5.57. The van der Waals surface area contributed by atoms with E-state index in [0.717, 1.165) is 23.2 Å². The molecule has 0 spiro atoms. The lowest BCUT2D eigenvalue weighted by molar-refractivity contribution is -0.116. The van der Waals surface area contributed by atoms with E-state index in [9.17, 15) is 9.59 Å². The molecule has 0 fully saturated rings. The smallest absolute Gasteiger partial charge is 0.224 e. The molecule has 17 heavy (non-hydrogen) atoms. The highest BCUT2D eigenvalue weighted by Gasteiger charge is 2.19. The minimum absolute atomic E-state index is 0.00565. The van der Waals surface area contributed by atoms with E-state index in [2.05, 4.69) is 5.32 Å². The van der Waals surface area contributed by atoms with Crippen molar-refractivity contribution in [3.05, 3.63) is 28.8 Å². The van der Waals surface area contributed by atoms with Crippen molar-refractivity contribution in [3.63, 3.8) is 0 Å². The van der Waals surface area contributed by atoms with Crippen molar-refractivity contribution in [2.45, 2.75) is 26.2 Å². The number of ketones is 1. The van der Waals surface area contributed by atoms with Gasteiger partial charge in [-0.25, -0.2) is 0 Å². The molecule has 3 nitrogen and oxygen atoms in total. The molecule has 4 heteroatoms. The lowest BCUT2D eigenvalue weighted by Crippen LogP contribution is -2.21. The number of nitrogens with one attached hydrogen (secondary N) is 1. The number of rotatable bonds is 3. The fourth-order valence-electron chi connectivity index (χ4n) is 2.09. The molecule has 1 aliphatic rings. The Kier molecular flexibility index (Phi) is 3.48. The van der Waals surface area contributed by atoms with Gasteiger partial charge in [-0.2, -0.15) is 0 Å². The highest BCUT2D eigenvalue weighted by molar-refractivity contribution is 6.30. The number of Topliss-reactive ketones (excluding diaryl/α,β-unsaturated/α-hetero) is 1. The number of hydrogen-bond acceptors (Lipinski definition) is 2. The summed E-state index contributed by atoms with van der Waals surface area (Å²) in [5.41, 5.74) is 3.57. The standard InChI is InChI=1S/C13H14ClNO2/c1-2-8-5-10(11(16)7-14)6-9-3-4-12(17)15-13(8)9/h5-6H,2-4,7H2,1H3,(H,15,17). The number of hydrogen-bond donors (Lipinski definition) is 1. The molecule has 0 aliphatic carbocycles. The quantitative estimate of drug-likeness (QED) is 0.663. The largest absolute Gasteiger partial charge is 0.326 e. The van der Waals surface area contributed by atoms with Crippen LogP contribution in [0.1, 0.15) is 34.8 Å². The lowest BCUT2D eigenvalue weighted by Gasteiger charge is -2.20. The Balaban J connectivity index is 2.49. The highest BCUT2D eigenvalue weighted by Crippen LogP contribution is 2.29. The van der Waals surface area contributed by atoms with Gasteiger partial charge in [0.15, 0.2) is 5.78 Å². The Morgan fingerprint density at radius 2 is 2.18 bits per heavy atom. The minimum Gasteiger partial charge on any atom is -0.326 e. The third-order valence-corrected chi connectivity index (χ3v) is 3.25. The Hall–Kier alpha value is -1.35. The van der Waals surface area contributed by atoms with Crippen LogP contribution in [0, 0.1) is 0 Å². The molecule has 0 saturated carbocycles. The van der Waals surface area contributed by atoms with E-state index in [1.165, 1.54) is 0 Å². The molecule has 0 bridgehead atoms. The van der Waals surface area contributed by atoms with E-state index in [1.807, 2.05) is 19.1 Å². The number of carbonyl (C=O) groups is 2. The second kappa shape index (κ2) is 4.88. The summed E-state index contributed by atoms with van der Waals surface area (Å²) in [6.07, 6.45) is 1.96. The number of fused-ring (bicyclic) bond motifs is 1. The number of carbonyl (C=O) groups excluding carboxylic acids is 2. The van der Waals surface area contributed by atoms with Gasteiger partial charge in [0.1, 0.15) is 0 Å². The summed E-state index contributed by atoms with van der Waals surface area (Å²) in [7, 11) is 0. The van der Waals surface area contributed by atoms with Crippen molar-refractivity contribution in [2.75, 3.05) is 11.2 Å². The molecule has 1 aromatic rings. The average Bonchev–Trinajstić information content (AvgIpc) is 2.36. The minimum atomic E-state index is -0.0685. The van der Waals surface area contributed by atoms with E-state index >= 15 is 0 Å². The van der Waals surface area contributed by atoms with Crippen molar-refractivity contribution >= 4 is 29.0 Å². The molecule has 1 heterocycles. The number of halogens is 1. The van der Waals surface area contributed by atoms with Crippen LogP contribution in [0.5, 0.6) is 0 Å². The lowest BCUT2D eigenvalue weighted by atomic mass is 9.94. The van der Waals surface area contributed by atoms with E-state index in [4.69, 9.17) is 11.6 Å². The van der Waals surface area contributed by atoms with Crippen LogP contribution in [0.3, 0.4) is 0 Å². The predicted octanol–water partition coefficient (Wildman–Crippen LogP) is 2.56. The van der Waals surface area contributed by atoms with Gasteiger partial charge in [-0.3, -0.25) is 9.59 Å². The summed E-state index contributed by atoms with van der Waals surface area (Å²) in [6, 6.07) is 3.67. The average molecular weight is 252 g/mol. The topological polar surface area (TPSA) is 46.2 Å². The fraction of sp³-hybridized carbons (Fsp3) is 0.385. The first kappa shape index (κ1) is 12.1. The summed E-state index contributed by atoms with van der Waals surface area (Å²) in [6.45, 7) is 2.01. The van der Waals surface area contributed by atoms with Gasteiger partial charge in [0.25, 0.3) is 0 Å². The Morgan fingerprint density at radius 3 is 2.82 bits per heavy atom. The number of aryl methyl sites for hydroxylation is 2. The van der Waals surface area contributed by atoms with Crippen LogP contribution in [0.15, 0.2) is 12.1 Å². The molecular formula is C13H14ClNO2. The zero-order valence-corrected chi connectivity index (χ0v) is 10.4. The molecule has 90 valence electrons. The van der Waals surface area contributed by atoms with Gasteiger partial charge in [-0.05, 0) is 36.1 Å². The Morgan fingerprint density at radius 1 is 1.41 bits per heavy atom. The molecular weight excluding hydrogens is 238 g/mol. The first-order chi connectivity index (χ1) is 8.15. The Bertz CT molecular complexity index is 465. The monoisotopic (exact) mass is 251 g/mol. The van der Waals surface area contributed by atoms with Gasteiger partial charge >= 0.3 is 0 Å². The van der Waals surface area contributed by atoms with Crippen LogP contribution in [0.2, 0.25) is 0 Å². The van der Waals surface area contributed by atoms with Crippen molar-refractivity contribution < 1.29 is 9.59 Å². The van der Waals surface area contributed by atoms with Gasteiger partial charge in [0.2, 0.25) is 5.91 Å². The van der Waals surface area contributed by atoms with E-state index in [0.29, 0.717) is 18.4 Å². The maximum Gasteiger partial charge on any atom is 0.224 e. The zero-order chi connectivity index (χ0) is 12.4. The normalized spacial score (nSPS) is 14.1. The van der Waals surface area contributed by atoms with Crippen molar-refractivity contribution in [1.82, 2.24) is 0 Å². The van der Waals surface area contributed by atoms with Crippen LogP contribution < -0.4 is 5.32 Å². The first-order valence-corrected chi connectivity index (χ1v) is 6.24. The predicted molar refractivity (Wildman–Crippen MR) is 67.8 cm³/mol. The summed E-state index contributed by atoms with van der Waals surface area (Å²) in [5, 5.41) is 2.88. The van der Waals surface area contributed by atoms with Crippen LogP contribution in [0.4, 0.5) is 5.69 Å². The van der Waals surface area contributed by atoms with Gasteiger partial charge in [0.05, 0.1) is 5.88 Å². The third-order valence-electron chi connectivity index (χ3n) is 3.01. The molecule has 0 aromatic heterocycles. The molecule has 0 radical (unpaired) electrons.